The zero-order chi connectivity index (χ0) is 16.2. The van der Waals surface area contributed by atoms with E-state index in [0.717, 1.165) is 18.6 Å². The van der Waals surface area contributed by atoms with Gasteiger partial charge in [-0.05, 0) is 12.1 Å². The van der Waals surface area contributed by atoms with Gasteiger partial charge in [0.05, 0.1) is 6.20 Å². The van der Waals surface area contributed by atoms with Crippen LogP contribution in [0.15, 0.2) is 42.7 Å². The van der Waals surface area contributed by atoms with Crippen molar-refractivity contribution in [3.05, 3.63) is 48.3 Å². The molecule has 1 aliphatic rings. The van der Waals surface area contributed by atoms with Gasteiger partial charge >= 0.3 is 0 Å². The minimum atomic E-state index is -1.14. The average molecular weight is 315 g/mol. The molecule has 1 aromatic carbocycles. The van der Waals surface area contributed by atoms with Crippen molar-refractivity contribution in [1.29, 1.82) is 0 Å². The molecular formula is C17H21N3O3. The summed E-state index contributed by atoms with van der Waals surface area (Å²) < 4.78 is 7.49. The van der Waals surface area contributed by atoms with Crippen molar-refractivity contribution < 1.29 is 14.6 Å². The first-order valence-electron chi connectivity index (χ1n) is 7.80. The number of aliphatic hydroxyl groups is 1. The number of carbonyl (C=O) groups is 1. The number of likely N-dealkylation sites (tertiary alicyclic amines) is 1. The summed E-state index contributed by atoms with van der Waals surface area (Å²) in [5.74, 6) is 0.587. The molecule has 6 nitrogen and oxygen atoms in total. The van der Waals surface area contributed by atoms with Crippen LogP contribution in [0.1, 0.15) is 24.5 Å². The predicted octanol–water partition coefficient (Wildman–Crippen LogP) is 1.52. The number of piperidine rings is 1. The molecular weight excluding hydrogens is 294 g/mol. The van der Waals surface area contributed by atoms with E-state index in [4.69, 9.17) is 4.74 Å². The number of hydrogen-bond acceptors (Lipinski definition) is 4. The maximum Gasteiger partial charge on any atom is 0.256 e. The second-order valence-corrected chi connectivity index (χ2v) is 5.81. The molecule has 23 heavy (non-hydrogen) atoms. The van der Waals surface area contributed by atoms with Crippen LogP contribution in [0.5, 0.6) is 5.75 Å². The van der Waals surface area contributed by atoms with E-state index >= 15 is 0 Å². The second kappa shape index (κ2) is 6.83. The highest BCUT2D eigenvalue weighted by Crippen LogP contribution is 2.21. The molecule has 0 spiro atoms. The quantitative estimate of drug-likeness (QED) is 0.929. The molecule has 1 aromatic heterocycles. The number of aliphatic hydroxyl groups excluding tert-OH is 1. The Bertz CT molecular complexity index is 648. The molecule has 0 aliphatic carbocycles. The summed E-state index contributed by atoms with van der Waals surface area (Å²) in [4.78, 5) is 14.1. The van der Waals surface area contributed by atoms with Crippen molar-refractivity contribution in [3.63, 3.8) is 0 Å². The highest BCUT2D eigenvalue weighted by Gasteiger charge is 2.29. The monoisotopic (exact) mass is 315 g/mol. The Morgan fingerprint density at radius 3 is 2.61 bits per heavy atom. The van der Waals surface area contributed by atoms with E-state index in [9.17, 15) is 9.90 Å². The molecule has 0 bridgehead atoms. The molecule has 6 heteroatoms. The van der Waals surface area contributed by atoms with Gasteiger partial charge in [-0.25, -0.2) is 0 Å². The van der Waals surface area contributed by atoms with E-state index in [1.807, 2.05) is 30.3 Å². The van der Waals surface area contributed by atoms with Crippen molar-refractivity contribution in [1.82, 2.24) is 14.7 Å². The number of aromatic nitrogens is 2. The number of rotatable bonds is 4. The standard InChI is InChI=1S/C17H21N3O3/c1-19-12-13(11-18-19)16(21)17(22)20-9-7-15(8-10-20)23-14-5-3-2-4-6-14/h2-6,11-12,15-16,21H,7-10H2,1H3. The lowest BCUT2D eigenvalue weighted by Crippen LogP contribution is -2.43. The van der Waals surface area contributed by atoms with Crippen LogP contribution in [0.3, 0.4) is 0 Å². The zero-order valence-electron chi connectivity index (χ0n) is 13.1. The van der Waals surface area contributed by atoms with Crippen molar-refractivity contribution in [2.24, 2.45) is 7.05 Å². The number of ether oxygens (including phenoxy) is 1. The van der Waals surface area contributed by atoms with E-state index in [2.05, 4.69) is 5.10 Å². The summed E-state index contributed by atoms with van der Waals surface area (Å²) in [6.07, 6.45) is 3.68. The highest BCUT2D eigenvalue weighted by atomic mass is 16.5. The third-order valence-corrected chi connectivity index (χ3v) is 4.07. The number of para-hydroxylation sites is 1. The highest BCUT2D eigenvalue weighted by molar-refractivity contribution is 5.82. The fraction of sp³-hybridized carbons (Fsp3) is 0.412. The molecule has 1 saturated heterocycles. The van der Waals surface area contributed by atoms with Crippen molar-refractivity contribution in [3.8, 4) is 5.75 Å². The molecule has 1 fully saturated rings. The lowest BCUT2D eigenvalue weighted by atomic mass is 10.1. The minimum Gasteiger partial charge on any atom is -0.490 e. The summed E-state index contributed by atoms with van der Waals surface area (Å²) in [6.45, 7) is 1.18. The molecule has 122 valence electrons. The number of aryl methyl sites for hydroxylation is 1. The molecule has 2 heterocycles. The van der Waals surface area contributed by atoms with Crippen LogP contribution < -0.4 is 4.74 Å². The molecule has 3 rings (SSSR count). The Morgan fingerprint density at radius 1 is 1.30 bits per heavy atom. The number of nitrogens with zero attached hydrogens (tertiary/aromatic N) is 3. The Kier molecular flexibility index (Phi) is 4.62. The number of amides is 1. The predicted molar refractivity (Wildman–Crippen MR) is 84.8 cm³/mol. The van der Waals surface area contributed by atoms with Gasteiger partial charge in [-0.15, -0.1) is 0 Å². The summed E-state index contributed by atoms with van der Waals surface area (Å²) in [7, 11) is 1.76. The van der Waals surface area contributed by atoms with E-state index in [1.165, 1.54) is 6.20 Å². The number of benzene rings is 1. The molecule has 0 saturated carbocycles. The average Bonchev–Trinajstić information content (AvgIpc) is 3.02. The van der Waals surface area contributed by atoms with Gasteiger partial charge in [-0.2, -0.15) is 5.10 Å². The smallest absolute Gasteiger partial charge is 0.256 e. The SMILES string of the molecule is Cn1cc(C(O)C(=O)N2CCC(Oc3ccccc3)CC2)cn1. The Labute approximate surface area is 135 Å². The molecule has 2 aromatic rings. The lowest BCUT2D eigenvalue weighted by molar-refractivity contribution is -0.142. The Balaban J connectivity index is 1.53. The zero-order valence-corrected chi connectivity index (χ0v) is 13.1. The largest absolute Gasteiger partial charge is 0.490 e. The van der Waals surface area contributed by atoms with E-state index in [-0.39, 0.29) is 12.0 Å². The Hall–Kier alpha value is -2.34. The first-order valence-corrected chi connectivity index (χ1v) is 7.80. The number of carbonyl (C=O) groups excluding carboxylic acids is 1. The molecule has 1 N–H and O–H groups in total. The summed E-state index contributed by atoms with van der Waals surface area (Å²) in [6, 6.07) is 9.71. The van der Waals surface area contributed by atoms with Gasteiger partial charge in [0, 0.05) is 44.7 Å². The topological polar surface area (TPSA) is 67.6 Å². The van der Waals surface area contributed by atoms with Crippen LogP contribution in [0, 0.1) is 0 Å². The van der Waals surface area contributed by atoms with Gasteiger partial charge < -0.3 is 14.7 Å². The first-order chi connectivity index (χ1) is 11.1. The van der Waals surface area contributed by atoms with E-state index < -0.39 is 6.10 Å². The molecule has 1 aliphatic heterocycles. The third-order valence-electron chi connectivity index (χ3n) is 4.07. The summed E-state index contributed by atoms with van der Waals surface area (Å²) >= 11 is 0. The third kappa shape index (κ3) is 3.71. The van der Waals surface area contributed by atoms with Gasteiger partial charge in [0.15, 0.2) is 6.10 Å². The maximum absolute atomic E-state index is 12.4. The van der Waals surface area contributed by atoms with Crippen LogP contribution in [-0.2, 0) is 11.8 Å². The molecule has 1 amide bonds. The van der Waals surface area contributed by atoms with Crippen molar-refractivity contribution in [2.45, 2.75) is 25.0 Å². The lowest BCUT2D eigenvalue weighted by Gasteiger charge is -2.33. The maximum atomic E-state index is 12.4. The molecule has 1 unspecified atom stereocenters. The fourth-order valence-corrected chi connectivity index (χ4v) is 2.78. The van der Waals surface area contributed by atoms with E-state index in [0.29, 0.717) is 18.7 Å². The van der Waals surface area contributed by atoms with Crippen LogP contribution in [-0.4, -0.2) is 44.9 Å². The molecule has 1 atom stereocenters. The van der Waals surface area contributed by atoms with Crippen molar-refractivity contribution in [2.75, 3.05) is 13.1 Å². The van der Waals surface area contributed by atoms with Crippen LogP contribution >= 0.6 is 0 Å². The van der Waals surface area contributed by atoms with Gasteiger partial charge in [-0.3, -0.25) is 9.48 Å². The minimum absolute atomic E-state index is 0.108. The molecule has 0 radical (unpaired) electrons. The van der Waals surface area contributed by atoms with Crippen LogP contribution in [0.4, 0.5) is 0 Å². The summed E-state index contributed by atoms with van der Waals surface area (Å²) in [5.41, 5.74) is 0.528. The number of hydrogen-bond donors (Lipinski definition) is 1. The summed E-state index contributed by atoms with van der Waals surface area (Å²) in [5, 5.41) is 14.2. The first kappa shape index (κ1) is 15.6. The van der Waals surface area contributed by atoms with Crippen LogP contribution in [0.2, 0.25) is 0 Å². The normalized spacial score (nSPS) is 17.0. The van der Waals surface area contributed by atoms with Gasteiger partial charge in [0.1, 0.15) is 11.9 Å². The van der Waals surface area contributed by atoms with Crippen molar-refractivity contribution >= 4 is 5.91 Å². The fourth-order valence-electron chi connectivity index (χ4n) is 2.78. The Morgan fingerprint density at radius 2 is 2.00 bits per heavy atom. The van der Waals surface area contributed by atoms with E-state index in [1.54, 1.807) is 22.8 Å². The van der Waals surface area contributed by atoms with Gasteiger partial charge in [-0.1, -0.05) is 18.2 Å². The van der Waals surface area contributed by atoms with Gasteiger partial charge in [0.2, 0.25) is 0 Å². The van der Waals surface area contributed by atoms with Gasteiger partial charge in [0.25, 0.3) is 5.91 Å². The second-order valence-electron chi connectivity index (χ2n) is 5.81. The van der Waals surface area contributed by atoms with Crippen LogP contribution in [0.25, 0.3) is 0 Å².